The number of nitrogen functional groups attached to an aromatic ring is 1. The Balaban J connectivity index is 1.94. The van der Waals surface area contributed by atoms with Gasteiger partial charge in [-0.3, -0.25) is 19.3 Å². The number of carbonyl (C=O) groups is 3. The molecule has 10 heteroatoms. The van der Waals surface area contributed by atoms with E-state index in [4.69, 9.17) is 11.5 Å². The summed E-state index contributed by atoms with van der Waals surface area (Å²) in [4.78, 5) is 44.8. The second kappa shape index (κ2) is 11.1. The van der Waals surface area contributed by atoms with E-state index in [-0.39, 0.29) is 22.2 Å². The van der Waals surface area contributed by atoms with E-state index in [2.05, 4.69) is 28.5 Å². The molecular weight excluding hydrogens is 500 g/mol. The molecule has 0 bridgehead atoms. The number of hydrogen-bond donors (Lipinski definition) is 4. The molecule has 2 heterocycles. The lowest BCUT2D eigenvalue weighted by Gasteiger charge is -2.32. The summed E-state index contributed by atoms with van der Waals surface area (Å²) < 4.78 is 4.03. The van der Waals surface area contributed by atoms with Crippen LogP contribution in [-0.2, 0) is 4.79 Å². The Hall–Kier alpha value is -4.18. The highest BCUT2D eigenvalue weighted by atomic mass is 32.1. The van der Waals surface area contributed by atoms with Gasteiger partial charge in [0, 0.05) is 34.9 Å². The van der Waals surface area contributed by atoms with E-state index in [1.54, 1.807) is 12.3 Å². The minimum Gasteiger partial charge on any atom is -0.395 e. The van der Waals surface area contributed by atoms with Gasteiger partial charge in [0.25, 0.3) is 11.8 Å². The van der Waals surface area contributed by atoms with Crippen LogP contribution in [0, 0.1) is 19.8 Å². The van der Waals surface area contributed by atoms with Crippen LogP contribution in [0.5, 0.6) is 0 Å². The molecule has 4 rings (SSSR count). The fraction of sp³-hybridized carbons (Fsp3) is 0.286. The number of nitrogens with two attached hydrogens (primary N) is 2. The number of benzene rings is 2. The van der Waals surface area contributed by atoms with E-state index in [0.29, 0.717) is 23.7 Å². The lowest BCUT2D eigenvalue weighted by molar-refractivity contribution is -0.122. The van der Waals surface area contributed by atoms with Crippen LogP contribution in [0.1, 0.15) is 63.2 Å². The van der Waals surface area contributed by atoms with Crippen molar-refractivity contribution in [3.63, 3.8) is 0 Å². The molecule has 0 aliphatic rings. The molecule has 198 valence electrons. The Morgan fingerprint density at radius 3 is 2.53 bits per heavy atom. The molecule has 9 nitrogen and oxygen atoms in total. The van der Waals surface area contributed by atoms with Crippen LogP contribution in [-0.4, -0.2) is 33.6 Å². The number of nitrogens with one attached hydrogen (secondary N) is 2. The van der Waals surface area contributed by atoms with Gasteiger partial charge in [0.1, 0.15) is 10.9 Å². The topological polar surface area (TPSA) is 147 Å². The second-order valence-electron chi connectivity index (χ2n) is 9.70. The average molecular weight is 533 g/mol. The van der Waals surface area contributed by atoms with Gasteiger partial charge in [-0.25, -0.2) is 0 Å². The molecule has 0 aliphatic heterocycles. The van der Waals surface area contributed by atoms with E-state index >= 15 is 0 Å². The molecule has 38 heavy (non-hydrogen) atoms. The maximum atomic E-state index is 14.3. The number of primary amides is 1. The molecule has 0 saturated heterocycles. The van der Waals surface area contributed by atoms with Crippen molar-refractivity contribution in [2.24, 2.45) is 11.7 Å². The Morgan fingerprint density at radius 1 is 1.11 bits per heavy atom. The van der Waals surface area contributed by atoms with E-state index in [9.17, 15) is 14.4 Å². The summed E-state index contributed by atoms with van der Waals surface area (Å²) in [7, 11) is 0. The predicted octanol–water partition coefficient (Wildman–Crippen LogP) is 4.47. The van der Waals surface area contributed by atoms with Gasteiger partial charge in [0.15, 0.2) is 5.69 Å². The van der Waals surface area contributed by atoms with Gasteiger partial charge < -0.3 is 21.8 Å². The number of para-hydroxylation sites is 1. The molecule has 0 saturated carbocycles. The van der Waals surface area contributed by atoms with E-state index in [1.165, 1.54) is 4.90 Å². The number of nitrogens with zero attached hydrogens (tertiary/aromatic N) is 2. The fourth-order valence-corrected chi connectivity index (χ4v) is 5.14. The normalized spacial score (nSPS) is 12.0. The highest BCUT2D eigenvalue weighted by Crippen LogP contribution is 2.37. The SMILES string of the molecule is Cc1cccc(N(C(=O)c2snc(C(N)=O)c2N)[C@H](C(=O)NCCC(C)C)c2c[nH]c3ccccc23)c1C. The van der Waals surface area contributed by atoms with Crippen molar-refractivity contribution in [2.45, 2.75) is 40.2 Å². The molecule has 3 amide bonds. The fourth-order valence-electron chi connectivity index (χ4n) is 4.40. The Labute approximate surface area is 225 Å². The predicted molar refractivity (Wildman–Crippen MR) is 151 cm³/mol. The number of aryl methyl sites for hydroxylation is 1. The maximum Gasteiger partial charge on any atom is 0.273 e. The Morgan fingerprint density at radius 2 is 1.84 bits per heavy atom. The first-order chi connectivity index (χ1) is 18.1. The summed E-state index contributed by atoms with van der Waals surface area (Å²) in [5.41, 5.74) is 15.1. The van der Waals surface area contributed by atoms with Gasteiger partial charge in [0.2, 0.25) is 5.91 Å². The number of H-pyrrole nitrogens is 1. The number of anilines is 2. The van der Waals surface area contributed by atoms with Crippen LogP contribution >= 0.6 is 11.5 Å². The molecule has 2 aromatic heterocycles. The standard InChI is InChI=1S/C28H32N6O3S/c1-15(2)12-13-31-27(36)24(19-14-32-20-10-6-5-9-18(19)20)34(21-11-7-8-16(3)17(21)4)28(37)25-22(29)23(26(30)35)33-38-25/h5-11,14-15,24,32H,12-13,29H2,1-4H3,(H2,30,35)(H,31,36)/t24-/m0/s1. The first-order valence-electron chi connectivity index (χ1n) is 12.4. The highest BCUT2D eigenvalue weighted by Gasteiger charge is 2.38. The summed E-state index contributed by atoms with van der Waals surface area (Å²) >= 11 is 0.791. The minimum atomic E-state index is -1.04. The van der Waals surface area contributed by atoms with Gasteiger partial charge in [-0.15, -0.1) is 0 Å². The molecule has 1 atom stereocenters. The van der Waals surface area contributed by atoms with Gasteiger partial charge in [-0.05, 0) is 61.0 Å². The Bertz CT molecular complexity index is 1510. The first-order valence-corrected chi connectivity index (χ1v) is 13.2. The van der Waals surface area contributed by atoms with Crippen LogP contribution in [0.25, 0.3) is 10.9 Å². The first kappa shape index (κ1) is 26.9. The number of carbonyl (C=O) groups excluding carboxylic acids is 3. The Kier molecular flexibility index (Phi) is 7.82. The number of aromatic nitrogens is 2. The molecular formula is C28H32N6O3S. The van der Waals surface area contributed by atoms with Crippen molar-refractivity contribution in [2.75, 3.05) is 17.2 Å². The van der Waals surface area contributed by atoms with Crippen LogP contribution in [0.4, 0.5) is 11.4 Å². The molecule has 2 aromatic carbocycles. The third-order valence-corrected chi connectivity index (χ3v) is 7.50. The summed E-state index contributed by atoms with van der Waals surface area (Å²) in [6.07, 6.45) is 2.54. The monoisotopic (exact) mass is 532 g/mol. The van der Waals surface area contributed by atoms with Crippen molar-refractivity contribution >= 4 is 51.5 Å². The number of fused-ring (bicyclic) bond motifs is 1. The summed E-state index contributed by atoms with van der Waals surface area (Å²) in [6, 6.07) is 12.2. The second-order valence-corrected chi connectivity index (χ2v) is 10.5. The van der Waals surface area contributed by atoms with Gasteiger partial charge in [-0.1, -0.05) is 44.2 Å². The largest absolute Gasteiger partial charge is 0.395 e. The molecule has 6 N–H and O–H groups in total. The van der Waals surface area contributed by atoms with Crippen LogP contribution in [0.15, 0.2) is 48.7 Å². The molecule has 0 spiro atoms. The zero-order valence-corrected chi connectivity index (χ0v) is 22.7. The zero-order chi connectivity index (χ0) is 27.6. The van der Waals surface area contributed by atoms with E-state index in [1.807, 2.05) is 50.2 Å². The van der Waals surface area contributed by atoms with E-state index < -0.39 is 17.9 Å². The van der Waals surface area contributed by atoms with Crippen molar-refractivity contribution in [3.8, 4) is 0 Å². The molecule has 0 fully saturated rings. The molecule has 0 aliphatic carbocycles. The van der Waals surface area contributed by atoms with Gasteiger partial charge >= 0.3 is 0 Å². The van der Waals surface area contributed by atoms with Gasteiger partial charge in [0.05, 0.1) is 5.69 Å². The minimum absolute atomic E-state index is 0.0412. The van der Waals surface area contributed by atoms with Crippen molar-refractivity contribution in [3.05, 3.63) is 75.9 Å². The molecule has 4 aromatic rings. The summed E-state index contributed by atoms with van der Waals surface area (Å²) in [6.45, 7) is 8.46. The third kappa shape index (κ3) is 5.12. The van der Waals surface area contributed by atoms with Crippen molar-refractivity contribution in [1.82, 2.24) is 14.7 Å². The summed E-state index contributed by atoms with van der Waals surface area (Å²) in [5.74, 6) is -1.31. The quantitative estimate of drug-likeness (QED) is 0.251. The van der Waals surface area contributed by atoms with Crippen molar-refractivity contribution < 1.29 is 14.4 Å². The smallest absolute Gasteiger partial charge is 0.273 e. The van der Waals surface area contributed by atoms with Crippen LogP contribution in [0.3, 0.4) is 0 Å². The number of rotatable bonds is 9. The van der Waals surface area contributed by atoms with Gasteiger partial charge in [-0.2, -0.15) is 4.37 Å². The lowest BCUT2D eigenvalue weighted by atomic mass is 9.99. The molecule has 0 radical (unpaired) electrons. The lowest BCUT2D eigenvalue weighted by Crippen LogP contribution is -2.44. The number of aromatic amines is 1. The van der Waals surface area contributed by atoms with Crippen LogP contribution in [0.2, 0.25) is 0 Å². The number of amides is 3. The summed E-state index contributed by atoms with van der Waals surface area (Å²) in [5, 5.41) is 3.85. The maximum absolute atomic E-state index is 14.3. The van der Waals surface area contributed by atoms with Crippen molar-refractivity contribution in [1.29, 1.82) is 0 Å². The highest BCUT2D eigenvalue weighted by molar-refractivity contribution is 7.09. The number of hydrogen-bond acceptors (Lipinski definition) is 6. The van der Waals surface area contributed by atoms with E-state index in [0.717, 1.165) is 40.0 Å². The average Bonchev–Trinajstić information content (AvgIpc) is 3.47. The molecule has 0 unspecified atom stereocenters. The third-order valence-electron chi connectivity index (χ3n) is 6.65. The zero-order valence-electron chi connectivity index (χ0n) is 21.9. The van der Waals surface area contributed by atoms with Crippen LogP contribution < -0.4 is 21.7 Å².